The van der Waals surface area contributed by atoms with Crippen molar-refractivity contribution in [2.24, 2.45) is 11.3 Å². The van der Waals surface area contributed by atoms with E-state index < -0.39 is 42.3 Å². The minimum absolute atomic E-state index is 0.0659. The van der Waals surface area contributed by atoms with E-state index in [0.717, 1.165) is 4.90 Å². The van der Waals surface area contributed by atoms with Gasteiger partial charge in [-0.2, -0.15) is 0 Å². The van der Waals surface area contributed by atoms with Crippen LogP contribution in [0.1, 0.15) is 66.7 Å². The molecule has 0 saturated carbocycles. The molecule has 1 aliphatic heterocycles. The van der Waals surface area contributed by atoms with E-state index in [1.165, 1.54) is 13.2 Å². The van der Waals surface area contributed by atoms with Gasteiger partial charge in [0.25, 0.3) is 11.8 Å². The molecule has 0 aromatic rings. The van der Waals surface area contributed by atoms with Gasteiger partial charge >= 0.3 is 0 Å². The fraction of sp³-hybridized carbons (Fsp3) is 0.773. The van der Waals surface area contributed by atoms with Crippen LogP contribution in [0.3, 0.4) is 0 Å². The maximum absolute atomic E-state index is 14.1. The predicted molar refractivity (Wildman–Crippen MR) is 140 cm³/mol. The number of ether oxygens (including phenoxy) is 1. The molecule has 3 atom stereocenters. The van der Waals surface area contributed by atoms with Crippen molar-refractivity contribution in [2.45, 2.75) is 85.9 Å². The second-order valence-corrected chi connectivity index (χ2v) is 14.5. The Morgan fingerprint density at radius 2 is 1.62 bits per heavy atom. The Morgan fingerprint density at radius 1 is 1.09 bits per heavy atom. The molecule has 0 fully saturated rings. The van der Waals surface area contributed by atoms with Gasteiger partial charge in [-0.25, -0.2) is 0 Å². The summed E-state index contributed by atoms with van der Waals surface area (Å²) in [4.78, 5) is 41.3. The van der Waals surface area contributed by atoms with Gasteiger partial charge in [0.2, 0.25) is 5.91 Å². The van der Waals surface area contributed by atoms with Gasteiger partial charge in [-0.05, 0) is 38.0 Å². The lowest BCUT2D eigenvalue weighted by atomic mass is 9.77. The van der Waals surface area contributed by atoms with Crippen molar-refractivity contribution >= 4 is 87.3 Å². The zero-order valence-electron chi connectivity index (χ0n) is 20.1. The van der Waals surface area contributed by atoms with E-state index in [1.807, 2.05) is 0 Å². The number of hydrogen-bond donors (Lipinski definition) is 1. The molecule has 1 N–H and O–H groups in total. The molecule has 12 heteroatoms. The number of halogens is 6. The van der Waals surface area contributed by atoms with Gasteiger partial charge < -0.3 is 10.1 Å². The summed E-state index contributed by atoms with van der Waals surface area (Å²) >= 11 is 35.6. The predicted octanol–water partition coefficient (Wildman–Crippen LogP) is 6.50. The number of imide groups is 1. The second kappa shape index (κ2) is 12.0. The number of nitrogens with zero attached hydrogens (tertiary/aromatic N) is 1. The Balaban J connectivity index is 3.48. The van der Waals surface area contributed by atoms with Crippen molar-refractivity contribution in [3.63, 3.8) is 0 Å². The maximum atomic E-state index is 14.1. The van der Waals surface area contributed by atoms with E-state index in [9.17, 15) is 14.4 Å². The van der Waals surface area contributed by atoms with Gasteiger partial charge in [-0.15, -0.1) is 0 Å². The molecule has 196 valence electrons. The smallest absolute Gasteiger partial charge is 0.257 e. The Kier molecular flexibility index (Phi) is 11.2. The van der Waals surface area contributed by atoms with Gasteiger partial charge in [-0.1, -0.05) is 104 Å². The molecule has 1 rings (SSSR count). The van der Waals surface area contributed by atoms with E-state index in [1.54, 1.807) is 34.6 Å². The Hall–Kier alpha value is -0.110. The number of carbonyl (C=O) groups excluding carboxylic acids is 3. The van der Waals surface area contributed by atoms with E-state index >= 15 is 0 Å². The third kappa shape index (κ3) is 8.48. The molecule has 1 aliphatic rings. The largest absolute Gasteiger partial charge is 0.499 e. The van der Waals surface area contributed by atoms with Gasteiger partial charge in [0.1, 0.15) is 11.3 Å². The summed E-state index contributed by atoms with van der Waals surface area (Å²) in [6.07, 6.45) is 2.09. The number of amides is 3. The van der Waals surface area contributed by atoms with Crippen molar-refractivity contribution in [3.8, 4) is 0 Å². The van der Waals surface area contributed by atoms with Gasteiger partial charge in [0, 0.05) is 11.5 Å². The lowest BCUT2D eigenvalue weighted by Crippen LogP contribution is -2.65. The summed E-state index contributed by atoms with van der Waals surface area (Å²) in [5.74, 6) is -1.73. The van der Waals surface area contributed by atoms with E-state index in [2.05, 4.69) is 5.32 Å². The number of hydrogen-bond acceptors (Lipinski definition) is 4. The average Bonchev–Trinajstić information content (AvgIpc) is 3.01. The average molecular weight is 601 g/mol. The molecular weight excluding hydrogens is 569 g/mol. The van der Waals surface area contributed by atoms with Crippen molar-refractivity contribution in [1.82, 2.24) is 10.2 Å². The molecule has 3 amide bonds. The van der Waals surface area contributed by atoms with Gasteiger partial charge in [-0.3, -0.25) is 19.3 Å². The molecule has 1 heterocycles. The van der Waals surface area contributed by atoms with Crippen LogP contribution in [0.5, 0.6) is 0 Å². The van der Waals surface area contributed by atoms with Crippen molar-refractivity contribution < 1.29 is 19.1 Å². The topological polar surface area (TPSA) is 75.7 Å². The van der Waals surface area contributed by atoms with Crippen molar-refractivity contribution in [2.75, 3.05) is 7.11 Å². The highest BCUT2D eigenvalue weighted by Crippen LogP contribution is 2.40. The molecule has 0 saturated heterocycles. The maximum Gasteiger partial charge on any atom is 0.257 e. The molecule has 0 spiro atoms. The monoisotopic (exact) mass is 598 g/mol. The van der Waals surface area contributed by atoms with Crippen LogP contribution in [0.15, 0.2) is 11.8 Å². The summed E-state index contributed by atoms with van der Waals surface area (Å²) in [6.45, 7) is 8.73. The first-order chi connectivity index (χ1) is 15.3. The van der Waals surface area contributed by atoms with Crippen LogP contribution in [-0.4, -0.2) is 48.9 Å². The molecule has 34 heavy (non-hydrogen) atoms. The Morgan fingerprint density at radius 3 is 2.03 bits per heavy atom. The van der Waals surface area contributed by atoms with Gasteiger partial charge in [0.05, 0.1) is 13.2 Å². The summed E-state index contributed by atoms with van der Waals surface area (Å²) in [7, 11) is 1.40. The number of alkyl halides is 6. The Bertz CT molecular complexity index is 801. The molecule has 0 aliphatic carbocycles. The molecule has 0 aromatic heterocycles. The number of methoxy groups -OCH3 is 1. The number of rotatable bonds is 9. The highest BCUT2D eigenvalue weighted by molar-refractivity contribution is 6.67. The van der Waals surface area contributed by atoms with Crippen LogP contribution in [0.25, 0.3) is 0 Å². The SMILES string of the molecule is CCC(NC(=O)C(C)(C)C)(C(=O)N1C(=O)C=C(OC)C1CCC(Cl)(Cl)Cl)C(C)CCC(Cl)(Cl)Cl. The third-order valence-corrected chi connectivity index (χ3v) is 7.09. The van der Waals surface area contributed by atoms with Gasteiger partial charge in [0.15, 0.2) is 7.59 Å². The van der Waals surface area contributed by atoms with Crippen LogP contribution in [-0.2, 0) is 19.1 Å². The fourth-order valence-electron chi connectivity index (χ4n) is 3.78. The van der Waals surface area contributed by atoms with Crippen molar-refractivity contribution in [3.05, 3.63) is 11.8 Å². The summed E-state index contributed by atoms with van der Waals surface area (Å²) in [5, 5.41) is 2.93. The number of carbonyl (C=O) groups is 3. The van der Waals surface area contributed by atoms with Crippen LogP contribution in [0.2, 0.25) is 0 Å². The van der Waals surface area contributed by atoms with E-state index in [-0.39, 0.29) is 37.3 Å². The first-order valence-corrected chi connectivity index (χ1v) is 13.1. The summed E-state index contributed by atoms with van der Waals surface area (Å²) < 4.78 is 2.23. The van der Waals surface area contributed by atoms with Crippen LogP contribution < -0.4 is 5.32 Å². The summed E-state index contributed by atoms with van der Waals surface area (Å²) in [5.41, 5.74) is -2.25. The first-order valence-electron chi connectivity index (χ1n) is 10.9. The Labute approximate surface area is 231 Å². The highest BCUT2D eigenvalue weighted by atomic mass is 35.6. The highest BCUT2D eigenvalue weighted by Gasteiger charge is 2.52. The standard InChI is InChI=1S/C22H32Cl6N2O4/c1-7-20(29-17(32)19(3,4)5,13(2)8-10-21(23,24)25)18(33)30-14(9-11-22(26,27)28)15(34-6)12-16(30)31/h12-14H,7-11H2,1-6H3,(H,29,32). The number of nitrogens with one attached hydrogen (secondary N) is 1. The fourth-order valence-corrected chi connectivity index (χ4v) is 4.44. The zero-order chi connectivity index (χ0) is 26.7. The minimum atomic E-state index is -1.58. The molecule has 3 unspecified atom stereocenters. The summed E-state index contributed by atoms with van der Waals surface area (Å²) in [6, 6.07) is -0.793. The molecule has 0 radical (unpaired) electrons. The van der Waals surface area contributed by atoms with Crippen LogP contribution in [0.4, 0.5) is 0 Å². The zero-order valence-corrected chi connectivity index (χ0v) is 24.7. The second-order valence-electron chi connectivity index (χ2n) is 9.52. The first kappa shape index (κ1) is 31.9. The minimum Gasteiger partial charge on any atom is -0.499 e. The lowest BCUT2D eigenvalue weighted by Gasteiger charge is -2.43. The normalized spacial score (nSPS) is 20.0. The lowest BCUT2D eigenvalue weighted by molar-refractivity contribution is -0.153. The molecular formula is C22H32Cl6N2O4. The van der Waals surface area contributed by atoms with E-state index in [4.69, 9.17) is 74.3 Å². The van der Waals surface area contributed by atoms with Crippen LogP contribution >= 0.6 is 69.6 Å². The van der Waals surface area contributed by atoms with E-state index in [0.29, 0.717) is 6.42 Å². The van der Waals surface area contributed by atoms with Crippen LogP contribution in [0, 0.1) is 11.3 Å². The quantitative estimate of drug-likeness (QED) is 0.307. The molecule has 0 aromatic carbocycles. The molecule has 0 bridgehead atoms. The molecule has 6 nitrogen and oxygen atoms in total. The third-order valence-electron chi connectivity index (χ3n) is 5.96. The van der Waals surface area contributed by atoms with Crippen molar-refractivity contribution in [1.29, 1.82) is 0 Å².